The Labute approximate surface area is 371 Å². The predicted molar refractivity (Wildman–Crippen MR) is 269 cm³/mol. The number of aromatic nitrogens is 1. The molecule has 1 rings (SSSR count). The number of aryl methyl sites for hydroxylation is 1. The first-order valence-corrected chi connectivity index (χ1v) is 26.4. The number of hydrogen-bond acceptors (Lipinski definition) is 1. The van der Waals surface area contributed by atoms with E-state index in [1.165, 1.54) is 223 Å². The first-order chi connectivity index (χ1) is 28.8. The van der Waals surface area contributed by atoms with Gasteiger partial charge in [-0.1, -0.05) is 205 Å². The van der Waals surface area contributed by atoms with Gasteiger partial charge in [0.1, 0.15) is 0 Å². The van der Waals surface area contributed by atoms with Crippen molar-refractivity contribution in [2.24, 2.45) is 11.8 Å². The molecular formula is C57H104N2. The average Bonchev–Trinajstić information content (AvgIpc) is 3.76. The van der Waals surface area contributed by atoms with Crippen LogP contribution in [0.3, 0.4) is 0 Å². The molecule has 0 aliphatic carbocycles. The molecule has 0 fully saturated rings. The highest BCUT2D eigenvalue weighted by Crippen LogP contribution is 2.30. The Morgan fingerprint density at radius 2 is 0.729 bits per heavy atom. The molecule has 0 saturated heterocycles. The van der Waals surface area contributed by atoms with Gasteiger partial charge < -0.3 is 9.47 Å². The Hall–Kier alpha value is -1.80. The summed E-state index contributed by atoms with van der Waals surface area (Å²) in [6, 6.07) is 4.28. The minimum absolute atomic E-state index is 0.743. The molecule has 0 aromatic carbocycles. The molecule has 1 aromatic rings. The van der Waals surface area contributed by atoms with Crippen LogP contribution < -0.4 is 0 Å². The molecule has 2 heteroatoms. The average molecular weight is 817 g/mol. The Balaban J connectivity index is 2.51. The fourth-order valence-electron chi connectivity index (χ4n) is 9.16. The maximum absolute atomic E-state index is 4.67. The molecule has 0 amide bonds. The van der Waals surface area contributed by atoms with E-state index < -0.39 is 0 Å². The van der Waals surface area contributed by atoms with Crippen molar-refractivity contribution in [1.82, 2.24) is 9.47 Å². The summed E-state index contributed by atoms with van der Waals surface area (Å²) < 4.78 is 2.32. The molecule has 59 heavy (non-hydrogen) atoms. The summed E-state index contributed by atoms with van der Waals surface area (Å²) in [5.74, 6) is 1.49. The van der Waals surface area contributed by atoms with Crippen molar-refractivity contribution >= 4 is 0 Å². The minimum Gasteiger partial charge on any atom is -0.354 e. The zero-order valence-corrected chi connectivity index (χ0v) is 40.8. The SMILES string of the molecule is C=C(CCCCC(=C)C(CCCCCC)CCCCCCCC)CCN(CCCn1cccc1)CCC(=C)CCCCC(=C)C(CCCCCC)CCCCCCCC. The third-order valence-electron chi connectivity index (χ3n) is 13.5. The predicted octanol–water partition coefficient (Wildman–Crippen LogP) is 19.0. The summed E-state index contributed by atoms with van der Waals surface area (Å²) in [5.41, 5.74) is 5.97. The summed E-state index contributed by atoms with van der Waals surface area (Å²) in [5, 5.41) is 0. The Kier molecular flexibility index (Phi) is 37.7. The van der Waals surface area contributed by atoms with E-state index in [1.54, 1.807) is 11.1 Å². The van der Waals surface area contributed by atoms with Gasteiger partial charge in [0.15, 0.2) is 0 Å². The first-order valence-electron chi connectivity index (χ1n) is 26.4. The molecule has 0 saturated carbocycles. The van der Waals surface area contributed by atoms with Crippen LogP contribution in [0, 0.1) is 11.8 Å². The third kappa shape index (κ3) is 32.6. The number of allylic oxidation sites excluding steroid dienone is 2. The number of hydrogen-bond donors (Lipinski definition) is 0. The molecular weight excluding hydrogens is 713 g/mol. The van der Waals surface area contributed by atoms with Gasteiger partial charge in [-0.05, 0) is 127 Å². The molecule has 2 nitrogen and oxygen atoms in total. The number of nitrogens with zero attached hydrogens (tertiary/aromatic N) is 2. The highest BCUT2D eigenvalue weighted by molar-refractivity contribution is 5.03. The molecule has 0 spiro atoms. The van der Waals surface area contributed by atoms with Crippen LogP contribution in [0.2, 0.25) is 0 Å². The molecule has 2 unspecified atom stereocenters. The van der Waals surface area contributed by atoms with Gasteiger partial charge in [0.05, 0.1) is 0 Å². The van der Waals surface area contributed by atoms with Crippen molar-refractivity contribution in [3.05, 3.63) is 73.1 Å². The monoisotopic (exact) mass is 817 g/mol. The van der Waals surface area contributed by atoms with E-state index in [0.717, 1.165) is 50.9 Å². The van der Waals surface area contributed by atoms with Crippen LogP contribution in [0.5, 0.6) is 0 Å². The lowest BCUT2D eigenvalue weighted by Gasteiger charge is -2.24. The second-order valence-electron chi connectivity index (χ2n) is 19.1. The molecule has 1 aromatic heterocycles. The van der Waals surface area contributed by atoms with Crippen LogP contribution in [0.25, 0.3) is 0 Å². The van der Waals surface area contributed by atoms with Crippen molar-refractivity contribution in [2.75, 3.05) is 19.6 Å². The topological polar surface area (TPSA) is 8.17 Å². The summed E-state index contributed by atoms with van der Waals surface area (Å²) in [6.45, 7) is 32.3. The fourth-order valence-corrected chi connectivity index (χ4v) is 9.16. The normalized spacial score (nSPS) is 12.6. The van der Waals surface area contributed by atoms with E-state index in [1.807, 2.05) is 0 Å². The maximum atomic E-state index is 4.67. The Morgan fingerprint density at radius 1 is 0.390 bits per heavy atom. The van der Waals surface area contributed by atoms with Gasteiger partial charge in [0, 0.05) is 32.0 Å². The van der Waals surface area contributed by atoms with Crippen LogP contribution in [-0.2, 0) is 6.54 Å². The molecule has 2 atom stereocenters. The smallest absolute Gasteiger partial charge is 0.0231 e. The van der Waals surface area contributed by atoms with Gasteiger partial charge in [0.25, 0.3) is 0 Å². The lowest BCUT2D eigenvalue weighted by molar-refractivity contribution is 0.269. The standard InChI is InChI=1S/C57H104N2/c1-9-13-17-21-23-27-42-56(40-25-19-15-11-3)54(7)38-31-29-36-52(5)44-50-59(49-35-48-58-46-33-34-47-58)51-45-53(6)37-30-32-39-55(8)57(41-26-20-16-12-4)43-28-24-22-18-14-10-2/h33-34,46-47,56-57H,5-32,35-45,48-51H2,1-4H3. The second-order valence-corrected chi connectivity index (χ2v) is 19.1. The zero-order chi connectivity index (χ0) is 43.0. The summed E-state index contributed by atoms with van der Waals surface area (Å²) in [4.78, 5) is 2.71. The van der Waals surface area contributed by atoms with Crippen molar-refractivity contribution in [3.63, 3.8) is 0 Å². The molecule has 0 bridgehead atoms. The molecule has 1 heterocycles. The van der Waals surface area contributed by atoms with Gasteiger partial charge in [0.2, 0.25) is 0 Å². The molecule has 0 radical (unpaired) electrons. The molecule has 0 N–H and O–H groups in total. The van der Waals surface area contributed by atoms with Gasteiger partial charge in [-0.3, -0.25) is 0 Å². The van der Waals surface area contributed by atoms with Crippen molar-refractivity contribution in [3.8, 4) is 0 Å². The lowest BCUT2D eigenvalue weighted by atomic mass is 9.86. The molecule has 0 aliphatic rings. The van der Waals surface area contributed by atoms with Crippen molar-refractivity contribution in [2.45, 2.75) is 259 Å². The quantitative estimate of drug-likeness (QED) is 0.0470. The van der Waals surface area contributed by atoms with Crippen LogP contribution in [0.1, 0.15) is 252 Å². The van der Waals surface area contributed by atoms with Crippen LogP contribution in [0.4, 0.5) is 0 Å². The minimum atomic E-state index is 0.743. The molecule has 0 aliphatic heterocycles. The fraction of sp³-hybridized carbons (Fsp3) is 0.789. The number of rotatable bonds is 46. The summed E-state index contributed by atoms with van der Waals surface area (Å²) >= 11 is 0. The van der Waals surface area contributed by atoms with Crippen LogP contribution in [-0.4, -0.2) is 29.1 Å². The highest BCUT2D eigenvalue weighted by Gasteiger charge is 2.15. The second kappa shape index (κ2) is 40.3. The zero-order valence-electron chi connectivity index (χ0n) is 40.8. The first kappa shape index (κ1) is 55.2. The summed E-state index contributed by atoms with van der Waals surface area (Å²) in [6.07, 6.45) is 50.8. The maximum Gasteiger partial charge on any atom is 0.0231 e. The van der Waals surface area contributed by atoms with E-state index >= 15 is 0 Å². The van der Waals surface area contributed by atoms with E-state index in [-0.39, 0.29) is 0 Å². The Bertz CT molecular complexity index is 1040. The third-order valence-corrected chi connectivity index (χ3v) is 13.5. The van der Waals surface area contributed by atoms with E-state index in [9.17, 15) is 0 Å². The largest absolute Gasteiger partial charge is 0.354 e. The van der Waals surface area contributed by atoms with Crippen molar-refractivity contribution in [1.29, 1.82) is 0 Å². The van der Waals surface area contributed by atoms with E-state index in [2.05, 4.69) is 88.0 Å². The highest BCUT2D eigenvalue weighted by atomic mass is 15.1. The van der Waals surface area contributed by atoms with Crippen LogP contribution in [0.15, 0.2) is 73.1 Å². The van der Waals surface area contributed by atoms with Gasteiger partial charge in [-0.2, -0.15) is 0 Å². The van der Waals surface area contributed by atoms with Gasteiger partial charge in [-0.25, -0.2) is 0 Å². The summed E-state index contributed by atoms with van der Waals surface area (Å²) in [7, 11) is 0. The number of unbranched alkanes of at least 4 members (excludes halogenated alkanes) is 18. The van der Waals surface area contributed by atoms with Crippen LogP contribution >= 0.6 is 0 Å². The van der Waals surface area contributed by atoms with E-state index in [0.29, 0.717) is 0 Å². The lowest BCUT2D eigenvalue weighted by Crippen LogP contribution is -2.28. The van der Waals surface area contributed by atoms with E-state index in [4.69, 9.17) is 0 Å². The molecule has 342 valence electrons. The van der Waals surface area contributed by atoms with Crippen molar-refractivity contribution < 1.29 is 0 Å². The Morgan fingerprint density at radius 3 is 1.12 bits per heavy atom. The van der Waals surface area contributed by atoms with Gasteiger partial charge >= 0.3 is 0 Å². The van der Waals surface area contributed by atoms with Gasteiger partial charge in [-0.15, -0.1) is 0 Å².